The summed E-state index contributed by atoms with van der Waals surface area (Å²) in [4.78, 5) is 50.7. The van der Waals surface area contributed by atoms with Crippen LogP contribution in [0.25, 0.3) is 0 Å². The number of ether oxygens (including phenoxy) is 4. The van der Waals surface area contributed by atoms with Crippen LogP contribution in [-0.4, -0.2) is 85.6 Å². The van der Waals surface area contributed by atoms with Crippen molar-refractivity contribution in [2.45, 2.75) is 64.6 Å². The number of fused-ring (bicyclic) bond motifs is 2. The Kier molecular flexibility index (Phi) is 12.2. The predicted molar refractivity (Wildman–Crippen MR) is 148 cm³/mol. The summed E-state index contributed by atoms with van der Waals surface area (Å²) in [6.07, 6.45) is 1.02. The van der Waals surface area contributed by atoms with Crippen molar-refractivity contribution in [2.75, 3.05) is 21.3 Å². The highest BCUT2D eigenvalue weighted by atomic mass is 16.6. The van der Waals surface area contributed by atoms with Gasteiger partial charge in [-0.25, -0.2) is 4.79 Å². The molecule has 41 heavy (non-hydrogen) atoms. The molecule has 0 spiro atoms. The summed E-state index contributed by atoms with van der Waals surface area (Å²) in [6.45, 7) is 6.55. The molecule has 2 rings (SSSR count). The number of rotatable bonds is 4. The maximum absolute atomic E-state index is 13.4. The van der Waals surface area contributed by atoms with Crippen molar-refractivity contribution in [1.82, 2.24) is 5.32 Å². The molecule has 2 aliphatic rings. The first-order valence-electron chi connectivity index (χ1n) is 13.1. The molecule has 0 aromatic rings. The Labute approximate surface area is 239 Å². The fraction of sp³-hybridized carbons (Fsp3) is 0.517. The number of allylic oxidation sites excluding steroid dienone is 4. The molecule has 12 heteroatoms. The Bertz CT molecular complexity index is 1180. The number of ketones is 2. The number of aliphatic hydroxyl groups excluding tert-OH is 2. The fourth-order valence-corrected chi connectivity index (χ4v) is 4.77. The van der Waals surface area contributed by atoms with Crippen LogP contribution in [0.4, 0.5) is 4.79 Å². The standard InChI is InChI=1S/C29H40N2O10/c1-14-9-8-10-20(38-5)26(41-29(30)37)17(4)11-15(2)23(33)21(39-6)12-16(3)24(34)22-25(35)18(31-28(14)36)13-19(32)27(22)40-7/h8-11,13,15-16,20-21,23-24,26,33-34H,12H2,1-7H3,(H2,30,37)(H,31,36)/b10-8-,14-9+,17-11+/t15-,16-,20-,21-,23+,24?,26-/m0/s1. The van der Waals surface area contributed by atoms with E-state index in [1.54, 1.807) is 32.9 Å². The van der Waals surface area contributed by atoms with Crippen LogP contribution >= 0.6 is 0 Å². The average Bonchev–Trinajstić information content (AvgIpc) is 2.92. The van der Waals surface area contributed by atoms with Crippen molar-refractivity contribution < 1.29 is 48.3 Å². The monoisotopic (exact) mass is 576 g/mol. The number of Topliss-reactive ketones (excluding diaryl/α,β-unsaturated/α-hetero) is 1. The predicted octanol–water partition coefficient (Wildman–Crippen LogP) is 1.38. The maximum Gasteiger partial charge on any atom is 0.405 e. The molecule has 0 aromatic carbocycles. The Balaban J connectivity index is 2.66. The molecule has 0 aromatic heterocycles. The summed E-state index contributed by atoms with van der Waals surface area (Å²) < 4.78 is 21.5. The molecular formula is C29H40N2O10. The smallest absolute Gasteiger partial charge is 0.405 e. The van der Waals surface area contributed by atoms with E-state index in [1.165, 1.54) is 40.4 Å². The summed E-state index contributed by atoms with van der Waals surface area (Å²) >= 11 is 0. The van der Waals surface area contributed by atoms with E-state index in [1.807, 2.05) is 0 Å². The molecule has 1 unspecified atom stereocenters. The third kappa shape index (κ3) is 8.23. The minimum absolute atomic E-state index is 0.0793. The molecule has 1 aliphatic carbocycles. The number of nitrogens with one attached hydrogen (secondary N) is 1. The SMILES string of the molecule is COC1=C2C(=O)C(=CC1=O)NC(=O)/C(C)=C/C=C\[C@H](OC)[C@@H](OC(N)=O)/C(C)=C/[C@H](C)[C@@H](O)[C@@H](OC)C[C@H](C)C2O. The summed E-state index contributed by atoms with van der Waals surface area (Å²) in [5, 5.41) is 24.8. The van der Waals surface area contributed by atoms with Gasteiger partial charge in [-0.1, -0.05) is 38.2 Å². The van der Waals surface area contributed by atoms with E-state index in [9.17, 15) is 29.4 Å². The number of methoxy groups -OCH3 is 3. The molecule has 0 radical (unpaired) electrons. The molecule has 1 aliphatic heterocycles. The quantitative estimate of drug-likeness (QED) is 0.282. The van der Waals surface area contributed by atoms with E-state index in [0.717, 1.165) is 6.08 Å². The lowest BCUT2D eigenvalue weighted by molar-refractivity contribution is -0.121. The molecule has 5 N–H and O–H groups in total. The van der Waals surface area contributed by atoms with Crippen LogP contribution in [-0.2, 0) is 33.3 Å². The Morgan fingerprint density at radius 2 is 1.73 bits per heavy atom. The van der Waals surface area contributed by atoms with Gasteiger partial charge in [0, 0.05) is 31.8 Å². The van der Waals surface area contributed by atoms with Crippen LogP contribution in [0, 0.1) is 11.8 Å². The van der Waals surface area contributed by atoms with Gasteiger partial charge in [0.2, 0.25) is 11.6 Å². The lowest BCUT2D eigenvalue weighted by Crippen LogP contribution is -2.40. The fourth-order valence-electron chi connectivity index (χ4n) is 4.77. The molecule has 12 nitrogen and oxygen atoms in total. The number of hydrogen-bond donors (Lipinski definition) is 4. The van der Waals surface area contributed by atoms with E-state index in [2.05, 4.69) is 5.32 Å². The van der Waals surface area contributed by atoms with Crippen molar-refractivity contribution in [3.05, 3.63) is 58.6 Å². The zero-order valence-electron chi connectivity index (χ0n) is 24.4. The lowest BCUT2D eigenvalue weighted by Gasteiger charge is -2.31. The van der Waals surface area contributed by atoms with Crippen LogP contribution in [0.2, 0.25) is 0 Å². The number of amides is 2. The summed E-state index contributed by atoms with van der Waals surface area (Å²) in [5.41, 5.74) is 5.39. The topological polar surface area (TPSA) is 184 Å². The zero-order chi connectivity index (χ0) is 31.0. The second-order valence-electron chi connectivity index (χ2n) is 10.1. The maximum atomic E-state index is 13.4. The molecule has 0 saturated heterocycles. The van der Waals surface area contributed by atoms with Gasteiger partial charge in [-0.05, 0) is 31.8 Å². The van der Waals surface area contributed by atoms with E-state index >= 15 is 0 Å². The van der Waals surface area contributed by atoms with E-state index < -0.39 is 65.9 Å². The Morgan fingerprint density at radius 3 is 2.29 bits per heavy atom. The molecule has 0 fully saturated rings. The highest BCUT2D eigenvalue weighted by Gasteiger charge is 2.38. The van der Waals surface area contributed by atoms with Gasteiger partial charge in [0.1, 0.15) is 6.10 Å². The van der Waals surface area contributed by atoms with E-state index in [0.29, 0.717) is 5.57 Å². The van der Waals surface area contributed by atoms with Crippen molar-refractivity contribution in [3.63, 3.8) is 0 Å². The average molecular weight is 577 g/mol. The van der Waals surface area contributed by atoms with Crippen molar-refractivity contribution in [2.24, 2.45) is 17.6 Å². The zero-order valence-corrected chi connectivity index (χ0v) is 24.4. The van der Waals surface area contributed by atoms with Crippen molar-refractivity contribution >= 4 is 23.6 Å². The number of primary amides is 1. The second kappa shape index (κ2) is 14.9. The molecule has 2 bridgehead atoms. The van der Waals surface area contributed by atoms with Crippen molar-refractivity contribution in [3.8, 4) is 0 Å². The first kappa shape index (κ1) is 33.6. The van der Waals surface area contributed by atoms with Gasteiger partial charge in [0.15, 0.2) is 11.9 Å². The minimum atomic E-state index is -1.49. The molecule has 226 valence electrons. The second-order valence-corrected chi connectivity index (χ2v) is 10.1. The number of aliphatic hydroxyl groups is 2. The lowest BCUT2D eigenvalue weighted by atomic mass is 9.83. The number of carbonyl (C=O) groups is 4. The highest BCUT2D eigenvalue weighted by Crippen LogP contribution is 2.30. The minimum Gasteiger partial charge on any atom is -0.492 e. The normalized spacial score (nSPS) is 34.0. The molecule has 0 saturated carbocycles. The van der Waals surface area contributed by atoms with E-state index in [4.69, 9.17) is 24.7 Å². The first-order valence-corrected chi connectivity index (χ1v) is 13.1. The van der Waals surface area contributed by atoms with E-state index in [-0.39, 0.29) is 29.0 Å². The third-order valence-corrected chi connectivity index (χ3v) is 7.14. The van der Waals surface area contributed by atoms with Gasteiger partial charge in [-0.2, -0.15) is 0 Å². The highest BCUT2D eigenvalue weighted by molar-refractivity contribution is 6.23. The number of nitrogens with two attached hydrogens (primary N) is 1. The summed E-state index contributed by atoms with van der Waals surface area (Å²) in [5.74, 6) is -3.71. The van der Waals surface area contributed by atoms with Crippen LogP contribution in [0.5, 0.6) is 0 Å². The molecule has 2 amide bonds. The van der Waals surface area contributed by atoms with Crippen molar-refractivity contribution in [1.29, 1.82) is 0 Å². The number of carbonyl (C=O) groups excluding carboxylic acids is 4. The van der Waals surface area contributed by atoms with Crippen LogP contribution in [0.1, 0.15) is 34.1 Å². The molecule has 1 heterocycles. The van der Waals surface area contributed by atoms with Gasteiger partial charge < -0.3 is 40.2 Å². The van der Waals surface area contributed by atoms with Gasteiger partial charge in [-0.15, -0.1) is 0 Å². The van der Waals surface area contributed by atoms with Gasteiger partial charge in [-0.3, -0.25) is 14.4 Å². The van der Waals surface area contributed by atoms with Gasteiger partial charge >= 0.3 is 6.09 Å². The first-order chi connectivity index (χ1) is 19.3. The van der Waals surface area contributed by atoms with Gasteiger partial charge in [0.25, 0.3) is 5.91 Å². The van der Waals surface area contributed by atoms with Gasteiger partial charge in [0.05, 0.1) is 36.7 Å². The third-order valence-electron chi connectivity index (χ3n) is 7.14. The summed E-state index contributed by atoms with van der Waals surface area (Å²) in [7, 11) is 4.01. The molecular weight excluding hydrogens is 536 g/mol. The Morgan fingerprint density at radius 1 is 1.07 bits per heavy atom. The Hall–Kier alpha value is -3.58. The molecule has 7 atom stereocenters. The van der Waals surface area contributed by atoms with Crippen LogP contribution in [0.3, 0.4) is 0 Å². The van der Waals surface area contributed by atoms with Crippen LogP contribution < -0.4 is 11.1 Å². The van der Waals surface area contributed by atoms with Crippen LogP contribution in [0.15, 0.2) is 58.6 Å². The largest absolute Gasteiger partial charge is 0.492 e. The number of hydrogen-bond acceptors (Lipinski definition) is 10. The summed E-state index contributed by atoms with van der Waals surface area (Å²) in [6, 6.07) is 0.